The first-order valence-corrected chi connectivity index (χ1v) is 13.0. The van der Waals surface area contributed by atoms with Gasteiger partial charge in [-0.25, -0.2) is 4.39 Å². The number of carbonyl (C=O) groups is 2. The molecule has 3 aromatic rings. The average Bonchev–Trinajstić information content (AvgIpc) is 3.36. The van der Waals surface area contributed by atoms with Gasteiger partial charge >= 0.3 is 0 Å². The van der Waals surface area contributed by atoms with Crippen molar-refractivity contribution < 1.29 is 23.5 Å². The average molecular weight is 531 g/mol. The van der Waals surface area contributed by atoms with Gasteiger partial charge in [0.25, 0.3) is 5.91 Å². The molecule has 0 bridgehead atoms. The predicted molar refractivity (Wildman–Crippen MR) is 138 cm³/mol. The Bertz CT molecular complexity index is 1190. The van der Waals surface area contributed by atoms with E-state index in [-0.39, 0.29) is 36.6 Å². The Morgan fingerprint density at radius 1 is 1.19 bits per heavy atom. The van der Waals surface area contributed by atoms with Crippen molar-refractivity contribution in [2.24, 2.45) is 0 Å². The Morgan fingerprint density at radius 2 is 2.00 bits per heavy atom. The summed E-state index contributed by atoms with van der Waals surface area (Å²) in [5, 5.41) is 2.65. The standard InChI is InChI=1S/C27H28ClFN2O4S/c1-34-14-3-12-30(27(33)19-4-2-5-21(29)16-19)17-26(32)31-13-10-25-23(11-15-36-25)24(31)18-35-22-8-6-20(28)7-9-22/h2,4-9,11,15-16,24H,3,10,12-14,17-18H2,1H3/t24-/m0/s1. The minimum Gasteiger partial charge on any atom is -0.491 e. The topological polar surface area (TPSA) is 59.1 Å². The minimum atomic E-state index is -0.496. The first kappa shape index (κ1) is 26.1. The number of amides is 2. The Kier molecular flexibility index (Phi) is 8.96. The van der Waals surface area contributed by atoms with E-state index in [0.29, 0.717) is 36.9 Å². The Morgan fingerprint density at radius 3 is 2.75 bits per heavy atom. The molecule has 2 heterocycles. The summed E-state index contributed by atoms with van der Waals surface area (Å²) in [7, 11) is 1.58. The van der Waals surface area contributed by atoms with Gasteiger partial charge < -0.3 is 19.3 Å². The van der Waals surface area contributed by atoms with Gasteiger partial charge in [0.15, 0.2) is 0 Å². The first-order chi connectivity index (χ1) is 17.5. The molecular weight excluding hydrogens is 503 g/mol. The number of hydrogen-bond donors (Lipinski definition) is 0. The number of hydrogen-bond acceptors (Lipinski definition) is 5. The molecule has 190 valence electrons. The molecule has 0 aliphatic carbocycles. The fraction of sp³-hybridized carbons (Fsp3) is 0.333. The van der Waals surface area contributed by atoms with E-state index < -0.39 is 5.82 Å². The molecule has 0 spiro atoms. The summed E-state index contributed by atoms with van der Waals surface area (Å²) in [4.78, 5) is 31.3. The van der Waals surface area contributed by atoms with E-state index in [1.54, 1.807) is 53.7 Å². The summed E-state index contributed by atoms with van der Waals surface area (Å²) in [5.41, 5.74) is 1.28. The molecule has 1 aromatic heterocycles. The van der Waals surface area contributed by atoms with Crippen LogP contribution in [0.2, 0.25) is 5.02 Å². The maximum Gasteiger partial charge on any atom is 0.254 e. The molecule has 1 aliphatic heterocycles. The highest BCUT2D eigenvalue weighted by atomic mass is 35.5. The van der Waals surface area contributed by atoms with Crippen LogP contribution >= 0.6 is 22.9 Å². The SMILES string of the molecule is COCCCN(CC(=O)N1CCc2sccc2[C@@H]1COc1ccc(Cl)cc1)C(=O)c1cccc(F)c1. The van der Waals surface area contributed by atoms with Gasteiger partial charge in [-0.2, -0.15) is 0 Å². The van der Waals surface area contributed by atoms with Crippen LogP contribution in [0, 0.1) is 5.82 Å². The zero-order valence-electron chi connectivity index (χ0n) is 20.0. The lowest BCUT2D eigenvalue weighted by atomic mass is 10.0. The third-order valence-corrected chi connectivity index (χ3v) is 7.35. The number of carbonyl (C=O) groups excluding carboxylic acids is 2. The molecule has 2 aromatic carbocycles. The van der Waals surface area contributed by atoms with Crippen LogP contribution in [0.4, 0.5) is 4.39 Å². The third kappa shape index (κ3) is 6.43. The van der Waals surface area contributed by atoms with Gasteiger partial charge in [0.05, 0.1) is 6.04 Å². The van der Waals surface area contributed by atoms with Gasteiger partial charge in [-0.15, -0.1) is 11.3 Å². The maximum absolute atomic E-state index is 13.8. The highest BCUT2D eigenvalue weighted by molar-refractivity contribution is 7.10. The largest absolute Gasteiger partial charge is 0.491 e. The summed E-state index contributed by atoms with van der Waals surface area (Å²) >= 11 is 7.65. The van der Waals surface area contributed by atoms with Gasteiger partial charge in [-0.05, 0) is 72.3 Å². The Balaban J connectivity index is 1.52. The van der Waals surface area contributed by atoms with Crippen LogP contribution in [0.3, 0.4) is 0 Å². The highest BCUT2D eigenvalue weighted by Gasteiger charge is 2.33. The lowest BCUT2D eigenvalue weighted by Crippen LogP contribution is -2.48. The van der Waals surface area contributed by atoms with Gasteiger partial charge in [-0.3, -0.25) is 9.59 Å². The van der Waals surface area contributed by atoms with E-state index in [9.17, 15) is 14.0 Å². The van der Waals surface area contributed by atoms with Crippen molar-refractivity contribution in [2.45, 2.75) is 18.9 Å². The second kappa shape index (κ2) is 12.3. The summed E-state index contributed by atoms with van der Waals surface area (Å²) in [6.07, 6.45) is 1.31. The molecule has 1 aliphatic rings. The molecule has 2 amide bonds. The van der Waals surface area contributed by atoms with E-state index >= 15 is 0 Å². The Labute approximate surface area is 219 Å². The molecule has 9 heteroatoms. The molecule has 1 atom stereocenters. The number of halogens is 2. The summed E-state index contributed by atoms with van der Waals surface area (Å²) in [6.45, 7) is 1.45. The van der Waals surface area contributed by atoms with Gasteiger partial charge in [-0.1, -0.05) is 17.7 Å². The van der Waals surface area contributed by atoms with Crippen LogP contribution in [0.1, 0.15) is 33.3 Å². The predicted octanol–water partition coefficient (Wildman–Crippen LogP) is 5.22. The first-order valence-electron chi connectivity index (χ1n) is 11.7. The quantitative estimate of drug-likeness (QED) is 0.337. The molecule has 4 rings (SSSR count). The van der Waals surface area contributed by atoms with Crippen LogP contribution in [0.25, 0.3) is 0 Å². The fourth-order valence-electron chi connectivity index (χ4n) is 4.29. The van der Waals surface area contributed by atoms with Crippen molar-refractivity contribution >= 4 is 34.8 Å². The van der Waals surface area contributed by atoms with E-state index in [1.165, 1.54) is 28.0 Å². The smallest absolute Gasteiger partial charge is 0.254 e. The number of rotatable bonds is 10. The normalized spacial score (nSPS) is 14.9. The molecule has 0 N–H and O–H groups in total. The lowest BCUT2D eigenvalue weighted by molar-refractivity contribution is -0.135. The monoisotopic (exact) mass is 530 g/mol. The molecule has 0 saturated carbocycles. The number of benzene rings is 2. The molecular formula is C27H28ClFN2O4S. The van der Waals surface area contributed by atoms with E-state index in [2.05, 4.69) is 0 Å². The molecule has 0 fully saturated rings. The van der Waals surface area contributed by atoms with Crippen molar-refractivity contribution in [2.75, 3.05) is 40.0 Å². The zero-order chi connectivity index (χ0) is 25.5. The summed E-state index contributed by atoms with van der Waals surface area (Å²) in [6, 6.07) is 14.4. The molecule has 0 unspecified atom stereocenters. The van der Waals surface area contributed by atoms with Crippen LogP contribution in [-0.4, -0.2) is 61.6 Å². The van der Waals surface area contributed by atoms with E-state index in [0.717, 1.165) is 12.0 Å². The van der Waals surface area contributed by atoms with Crippen molar-refractivity contribution in [1.82, 2.24) is 9.80 Å². The van der Waals surface area contributed by atoms with E-state index in [4.69, 9.17) is 21.1 Å². The van der Waals surface area contributed by atoms with Gasteiger partial charge in [0.2, 0.25) is 5.91 Å². The van der Waals surface area contributed by atoms with Crippen molar-refractivity contribution in [3.8, 4) is 5.75 Å². The van der Waals surface area contributed by atoms with Crippen molar-refractivity contribution in [3.05, 3.63) is 86.8 Å². The molecule has 0 saturated heterocycles. The second-order valence-electron chi connectivity index (χ2n) is 8.50. The second-order valence-corrected chi connectivity index (χ2v) is 9.94. The van der Waals surface area contributed by atoms with Crippen molar-refractivity contribution in [3.63, 3.8) is 0 Å². The fourth-order valence-corrected chi connectivity index (χ4v) is 5.35. The van der Waals surface area contributed by atoms with Crippen molar-refractivity contribution in [1.29, 1.82) is 0 Å². The van der Waals surface area contributed by atoms with Crippen LogP contribution in [0.15, 0.2) is 60.0 Å². The van der Waals surface area contributed by atoms with E-state index in [1.807, 2.05) is 11.4 Å². The van der Waals surface area contributed by atoms with Crippen LogP contribution in [0.5, 0.6) is 5.75 Å². The zero-order valence-corrected chi connectivity index (χ0v) is 21.6. The maximum atomic E-state index is 13.8. The number of fused-ring (bicyclic) bond motifs is 1. The molecule has 36 heavy (non-hydrogen) atoms. The number of ether oxygens (including phenoxy) is 2. The number of nitrogens with zero attached hydrogens (tertiary/aromatic N) is 2. The van der Waals surface area contributed by atoms with Crippen LogP contribution in [-0.2, 0) is 16.0 Å². The summed E-state index contributed by atoms with van der Waals surface area (Å²) in [5.74, 6) is -0.402. The van der Waals surface area contributed by atoms with Gasteiger partial charge in [0, 0.05) is 42.3 Å². The number of methoxy groups -OCH3 is 1. The third-order valence-electron chi connectivity index (χ3n) is 6.10. The van der Waals surface area contributed by atoms with Gasteiger partial charge in [0.1, 0.15) is 24.7 Å². The van der Waals surface area contributed by atoms with Crippen LogP contribution < -0.4 is 4.74 Å². The molecule has 0 radical (unpaired) electrons. The highest BCUT2D eigenvalue weighted by Crippen LogP contribution is 2.34. The lowest BCUT2D eigenvalue weighted by Gasteiger charge is -2.37. The Hall–Kier alpha value is -2.94. The molecule has 6 nitrogen and oxygen atoms in total. The summed E-state index contributed by atoms with van der Waals surface area (Å²) < 4.78 is 24.9. The number of thiophene rings is 1. The minimum absolute atomic E-state index is 0.115.